The van der Waals surface area contributed by atoms with E-state index in [2.05, 4.69) is 4.72 Å². The monoisotopic (exact) mass is 309 g/mol. The van der Waals surface area contributed by atoms with Gasteiger partial charge in [0.2, 0.25) is 10.0 Å². The number of nitrogens with one attached hydrogen (secondary N) is 1. The molecule has 2 aromatic carbocycles. The Morgan fingerprint density at radius 2 is 1.81 bits per heavy atom. The van der Waals surface area contributed by atoms with E-state index in [0.717, 1.165) is 11.6 Å². The number of aliphatic hydroxyl groups excluding tert-OH is 1. The molecule has 0 bridgehead atoms. The van der Waals surface area contributed by atoms with Gasteiger partial charge in [-0.2, -0.15) is 0 Å². The third-order valence-electron chi connectivity index (χ3n) is 2.97. The number of rotatable bonds is 6. The molecule has 1 unspecified atom stereocenters. The third kappa shape index (κ3) is 4.35. The van der Waals surface area contributed by atoms with Gasteiger partial charge in [0.25, 0.3) is 0 Å². The summed E-state index contributed by atoms with van der Waals surface area (Å²) in [4.78, 5) is -0.158. The lowest BCUT2D eigenvalue weighted by atomic mass is 10.1. The van der Waals surface area contributed by atoms with Crippen LogP contribution in [0.15, 0.2) is 59.5 Å². The standard InChI is InChI=1S/C15H16FNO3S/c16-13-7-4-8-15(10-13)21(19,20)17-14(11-18)9-12-5-2-1-3-6-12/h1-8,10,14,17-18H,9,11H2. The van der Waals surface area contributed by atoms with Crippen molar-refractivity contribution in [2.45, 2.75) is 17.4 Å². The highest BCUT2D eigenvalue weighted by atomic mass is 32.2. The topological polar surface area (TPSA) is 66.4 Å². The molecule has 0 aliphatic heterocycles. The van der Waals surface area contributed by atoms with Gasteiger partial charge >= 0.3 is 0 Å². The van der Waals surface area contributed by atoms with E-state index >= 15 is 0 Å². The van der Waals surface area contributed by atoms with Crippen LogP contribution in [0.25, 0.3) is 0 Å². The van der Waals surface area contributed by atoms with Crippen LogP contribution >= 0.6 is 0 Å². The van der Waals surface area contributed by atoms with E-state index < -0.39 is 21.9 Å². The molecule has 0 aliphatic rings. The van der Waals surface area contributed by atoms with Crippen LogP contribution in [0.1, 0.15) is 5.56 Å². The molecular formula is C15H16FNO3S. The molecule has 2 rings (SSSR count). The molecule has 0 amide bonds. The molecule has 0 aliphatic carbocycles. The summed E-state index contributed by atoms with van der Waals surface area (Å²) in [6, 6.07) is 13.3. The fourth-order valence-corrected chi connectivity index (χ4v) is 3.22. The van der Waals surface area contributed by atoms with E-state index in [1.807, 2.05) is 30.3 Å². The second-order valence-electron chi connectivity index (χ2n) is 4.65. The zero-order valence-electron chi connectivity index (χ0n) is 11.2. The van der Waals surface area contributed by atoms with Crippen LogP contribution in [0.2, 0.25) is 0 Å². The summed E-state index contributed by atoms with van der Waals surface area (Å²) in [6.07, 6.45) is 0.353. The van der Waals surface area contributed by atoms with E-state index in [4.69, 9.17) is 0 Å². The van der Waals surface area contributed by atoms with Crippen molar-refractivity contribution in [3.05, 3.63) is 66.0 Å². The minimum Gasteiger partial charge on any atom is -0.395 e. The van der Waals surface area contributed by atoms with Crippen LogP contribution in [0.5, 0.6) is 0 Å². The Balaban J connectivity index is 2.14. The molecule has 4 nitrogen and oxygen atoms in total. The third-order valence-corrected chi connectivity index (χ3v) is 4.49. The van der Waals surface area contributed by atoms with Crippen LogP contribution in [0.3, 0.4) is 0 Å². The molecule has 2 aromatic rings. The van der Waals surface area contributed by atoms with Gasteiger partial charge in [-0.3, -0.25) is 0 Å². The average Bonchev–Trinajstić information content (AvgIpc) is 2.47. The van der Waals surface area contributed by atoms with Gasteiger partial charge in [0.15, 0.2) is 0 Å². The summed E-state index contributed by atoms with van der Waals surface area (Å²) in [5.41, 5.74) is 0.901. The zero-order valence-corrected chi connectivity index (χ0v) is 12.1. The molecule has 0 aromatic heterocycles. The summed E-state index contributed by atoms with van der Waals surface area (Å²) < 4.78 is 39.8. The molecule has 0 radical (unpaired) electrons. The van der Waals surface area contributed by atoms with Gasteiger partial charge in [-0.25, -0.2) is 17.5 Å². The van der Waals surface area contributed by atoms with Crippen LogP contribution in [-0.2, 0) is 16.4 Å². The van der Waals surface area contributed by atoms with Crippen molar-refractivity contribution in [2.24, 2.45) is 0 Å². The minimum atomic E-state index is -3.86. The summed E-state index contributed by atoms with van der Waals surface area (Å²) in [5.74, 6) is -0.624. The second kappa shape index (κ2) is 6.80. The lowest BCUT2D eigenvalue weighted by Gasteiger charge is -2.16. The smallest absolute Gasteiger partial charge is 0.241 e. The maximum Gasteiger partial charge on any atom is 0.241 e. The molecule has 0 spiro atoms. The van der Waals surface area contributed by atoms with Crippen molar-refractivity contribution in [2.75, 3.05) is 6.61 Å². The van der Waals surface area contributed by atoms with Crippen LogP contribution in [0, 0.1) is 5.82 Å². The second-order valence-corrected chi connectivity index (χ2v) is 6.36. The summed E-state index contributed by atoms with van der Waals surface area (Å²) in [6.45, 7) is -0.344. The van der Waals surface area contributed by atoms with Crippen LogP contribution in [0.4, 0.5) is 4.39 Å². The van der Waals surface area contributed by atoms with Gasteiger partial charge in [0, 0.05) is 6.04 Å². The quantitative estimate of drug-likeness (QED) is 0.853. The fraction of sp³-hybridized carbons (Fsp3) is 0.200. The number of hydrogen-bond acceptors (Lipinski definition) is 3. The van der Waals surface area contributed by atoms with Crippen molar-refractivity contribution in [3.8, 4) is 0 Å². The Hall–Kier alpha value is -1.76. The Morgan fingerprint density at radius 3 is 2.43 bits per heavy atom. The van der Waals surface area contributed by atoms with E-state index in [0.29, 0.717) is 6.42 Å². The molecule has 0 heterocycles. The first-order valence-electron chi connectivity index (χ1n) is 6.44. The average molecular weight is 309 g/mol. The number of hydrogen-bond donors (Lipinski definition) is 2. The molecule has 0 saturated carbocycles. The van der Waals surface area contributed by atoms with E-state index in [9.17, 15) is 17.9 Å². The number of sulfonamides is 1. The fourth-order valence-electron chi connectivity index (χ4n) is 1.96. The minimum absolute atomic E-state index is 0.158. The predicted molar refractivity (Wildman–Crippen MR) is 77.7 cm³/mol. The molecule has 1 atom stereocenters. The molecule has 2 N–H and O–H groups in total. The first-order valence-corrected chi connectivity index (χ1v) is 7.92. The summed E-state index contributed by atoms with van der Waals surface area (Å²) in [5, 5.41) is 9.35. The zero-order chi connectivity index (χ0) is 15.3. The molecule has 0 saturated heterocycles. The maximum absolute atomic E-state index is 13.1. The van der Waals surface area contributed by atoms with Crippen molar-refractivity contribution < 1.29 is 17.9 Å². The van der Waals surface area contributed by atoms with Crippen molar-refractivity contribution >= 4 is 10.0 Å². The highest BCUT2D eigenvalue weighted by molar-refractivity contribution is 7.89. The lowest BCUT2D eigenvalue weighted by Crippen LogP contribution is -2.39. The first kappa shape index (κ1) is 15.6. The maximum atomic E-state index is 13.1. The predicted octanol–water partition coefficient (Wildman–Crippen LogP) is 1.71. The van der Waals surface area contributed by atoms with Crippen LogP contribution < -0.4 is 4.72 Å². The highest BCUT2D eigenvalue weighted by Crippen LogP contribution is 2.12. The Bertz CT molecular complexity index is 689. The Labute approximate surface area is 123 Å². The SMILES string of the molecule is O=S(=O)(NC(CO)Cc1ccccc1)c1cccc(F)c1. The Morgan fingerprint density at radius 1 is 1.10 bits per heavy atom. The van der Waals surface area contributed by atoms with Gasteiger partial charge in [-0.1, -0.05) is 36.4 Å². The van der Waals surface area contributed by atoms with E-state index in [1.165, 1.54) is 18.2 Å². The molecule has 112 valence electrons. The highest BCUT2D eigenvalue weighted by Gasteiger charge is 2.20. The van der Waals surface area contributed by atoms with E-state index in [-0.39, 0.29) is 11.5 Å². The molecule has 6 heteroatoms. The Kier molecular flexibility index (Phi) is 5.06. The van der Waals surface area contributed by atoms with Crippen molar-refractivity contribution in [3.63, 3.8) is 0 Å². The van der Waals surface area contributed by atoms with Gasteiger partial charge in [-0.15, -0.1) is 0 Å². The van der Waals surface area contributed by atoms with Crippen molar-refractivity contribution in [1.82, 2.24) is 4.72 Å². The largest absolute Gasteiger partial charge is 0.395 e. The first-order chi connectivity index (χ1) is 10.0. The summed E-state index contributed by atoms with van der Waals surface area (Å²) >= 11 is 0. The van der Waals surface area contributed by atoms with E-state index in [1.54, 1.807) is 0 Å². The normalized spacial score (nSPS) is 13.0. The van der Waals surface area contributed by atoms with Crippen LogP contribution in [-0.4, -0.2) is 26.2 Å². The number of halogens is 1. The van der Waals surface area contributed by atoms with Gasteiger partial charge in [0.05, 0.1) is 11.5 Å². The molecule has 21 heavy (non-hydrogen) atoms. The van der Waals surface area contributed by atoms with Gasteiger partial charge in [0.1, 0.15) is 5.82 Å². The van der Waals surface area contributed by atoms with Gasteiger partial charge in [-0.05, 0) is 30.2 Å². The van der Waals surface area contributed by atoms with Gasteiger partial charge < -0.3 is 5.11 Å². The molecular weight excluding hydrogens is 293 g/mol. The number of aliphatic hydroxyl groups is 1. The van der Waals surface area contributed by atoms with Crippen molar-refractivity contribution in [1.29, 1.82) is 0 Å². The number of benzene rings is 2. The molecule has 0 fully saturated rings. The summed E-state index contributed by atoms with van der Waals surface area (Å²) in [7, 11) is -3.86. The lowest BCUT2D eigenvalue weighted by molar-refractivity contribution is 0.256.